The molecule has 0 saturated carbocycles. The molecule has 1 aromatic heterocycles. The summed E-state index contributed by atoms with van der Waals surface area (Å²) in [6, 6.07) is 1.84. The van der Waals surface area contributed by atoms with Gasteiger partial charge in [0.1, 0.15) is 22.3 Å². The van der Waals surface area contributed by atoms with Gasteiger partial charge in [-0.3, -0.25) is 0 Å². The zero-order chi connectivity index (χ0) is 14.0. The molecular weight excluding hydrogens is 328 g/mol. The number of rotatable bonds is 2. The number of hydrogen-bond acceptors (Lipinski definition) is 4. The zero-order valence-corrected chi connectivity index (χ0v) is 13.7. The van der Waals surface area contributed by atoms with E-state index in [9.17, 15) is 4.55 Å². The molecule has 6 heteroatoms. The van der Waals surface area contributed by atoms with E-state index in [1.807, 2.05) is 26.8 Å². The van der Waals surface area contributed by atoms with Crippen molar-refractivity contribution in [1.29, 1.82) is 0 Å². The first kappa shape index (κ1) is 14.8. The Morgan fingerprint density at radius 1 is 1.53 bits per heavy atom. The third kappa shape index (κ3) is 3.70. The molecule has 19 heavy (non-hydrogen) atoms. The molecule has 0 N–H and O–H groups in total. The summed E-state index contributed by atoms with van der Waals surface area (Å²) in [4.78, 5) is 4.49. The summed E-state index contributed by atoms with van der Waals surface area (Å²) in [6.07, 6.45) is 3.44. The molecule has 0 bridgehead atoms. The third-order valence-electron chi connectivity index (χ3n) is 2.63. The van der Waals surface area contributed by atoms with E-state index >= 15 is 0 Å². The predicted molar refractivity (Wildman–Crippen MR) is 81.2 cm³/mol. The summed E-state index contributed by atoms with van der Waals surface area (Å²) in [5.74, 6) is 0.820. The van der Waals surface area contributed by atoms with E-state index in [-0.39, 0.29) is 4.75 Å². The lowest BCUT2D eigenvalue weighted by molar-refractivity contribution is 0.283. The van der Waals surface area contributed by atoms with Gasteiger partial charge in [0.15, 0.2) is 5.75 Å². The lowest BCUT2D eigenvalue weighted by Crippen LogP contribution is -2.25. The SMILES string of the molecule is CC(C)(C)[S+]([O-])N=Cc1cc(Br)c2c(n1)CCCO2. The van der Waals surface area contributed by atoms with Crippen LogP contribution in [-0.2, 0) is 17.8 Å². The van der Waals surface area contributed by atoms with Gasteiger partial charge in [-0.05, 0) is 55.6 Å². The first-order valence-corrected chi connectivity index (χ1v) is 8.06. The minimum Gasteiger partial charge on any atom is -0.591 e. The van der Waals surface area contributed by atoms with Gasteiger partial charge in [-0.25, -0.2) is 4.98 Å². The van der Waals surface area contributed by atoms with Gasteiger partial charge in [-0.1, -0.05) is 4.40 Å². The van der Waals surface area contributed by atoms with Crippen LogP contribution in [-0.4, -0.2) is 27.1 Å². The number of hydrogen-bond donors (Lipinski definition) is 0. The summed E-state index contributed by atoms with van der Waals surface area (Å²) in [7, 11) is 0. The van der Waals surface area contributed by atoms with Crippen molar-refractivity contribution >= 4 is 33.5 Å². The summed E-state index contributed by atoms with van der Waals surface area (Å²) >= 11 is 2.21. The fourth-order valence-electron chi connectivity index (χ4n) is 1.63. The molecule has 0 spiro atoms. The van der Waals surface area contributed by atoms with E-state index in [0.717, 1.165) is 35.4 Å². The number of nitrogens with zero attached hydrogens (tertiary/aromatic N) is 2. The van der Waals surface area contributed by atoms with Crippen molar-refractivity contribution < 1.29 is 9.29 Å². The number of halogens is 1. The second-order valence-electron chi connectivity index (χ2n) is 5.35. The molecule has 1 aliphatic rings. The maximum absolute atomic E-state index is 11.9. The molecule has 1 aromatic rings. The van der Waals surface area contributed by atoms with Crippen molar-refractivity contribution in [3.8, 4) is 5.75 Å². The van der Waals surface area contributed by atoms with Crippen molar-refractivity contribution in [2.45, 2.75) is 38.4 Å². The van der Waals surface area contributed by atoms with E-state index in [1.54, 1.807) is 6.21 Å². The minimum absolute atomic E-state index is 0.356. The topological polar surface area (TPSA) is 57.5 Å². The second kappa shape index (κ2) is 5.81. The fourth-order valence-corrected chi connectivity index (χ4v) is 2.73. The van der Waals surface area contributed by atoms with E-state index in [1.165, 1.54) is 0 Å². The van der Waals surface area contributed by atoms with E-state index in [4.69, 9.17) is 4.74 Å². The molecule has 2 heterocycles. The first-order valence-electron chi connectivity index (χ1n) is 6.16. The Labute approximate surface area is 125 Å². The van der Waals surface area contributed by atoms with Gasteiger partial charge in [0.25, 0.3) is 0 Å². The van der Waals surface area contributed by atoms with Crippen LogP contribution in [0.4, 0.5) is 0 Å². The van der Waals surface area contributed by atoms with Crippen LogP contribution in [0.15, 0.2) is 14.9 Å². The standard InChI is InChI=1S/C13H17BrN2O2S/c1-13(2,3)19(17)15-8-9-7-10(14)12-11(16-9)5-4-6-18-12/h7-8H,4-6H2,1-3H3. The molecule has 0 amide bonds. The molecule has 104 valence electrons. The highest BCUT2D eigenvalue weighted by molar-refractivity contribution is 9.10. The van der Waals surface area contributed by atoms with Crippen LogP contribution in [0.5, 0.6) is 5.75 Å². The lowest BCUT2D eigenvalue weighted by Gasteiger charge is -2.19. The molecule has 0 radical (unpaired) electrons. The summed E-state index contributed by atoms with van der Waals surface area (Å²) in [5.41, 5.74) is 1.64. The number of aryl methyl sites for hydroxylation is 1. The van der Waals surface area contributed by atoms with Crippen LogP contribution in [0.25, 0.3) is 0 Å². The monoisotopic (exact) mass is 344 g/mol. The molecule has 1 unspecified atom stereocenters. The molecule has 0 aliphatic carbocycles. The highest BCUT2D eigenvalue weighted by Gasteiger charge is 2.26. The normalized spacial score (nSPS) is 17.1. The fraction of sp³-hybridized carbons (Fsp3) is 0.538. The number of aromatic nitrogens is 1. The molecule has 1 aliphatic heterocycles. The lowest BCUT2D eigenvalue weighted by atomic mass is 10.1. The van der Waals surface area contributed by atoms with Crippen LogP contribution in [0, 0.1) is 0 Å². The highest BCUT2D eigenvalue weighted by Crippen LogP contribution is 2.32. The van der Waals surface area contributed by atoms with Crippen molar-refractivity contribution in [1.82, 2.24) is 4.98 Å². The predicted octanol–water partition coefficient (Wildman–Crippen LogP) is 3.05. The van der Waals surface area contributed by atoms with Gasteiger partial charge >= 0.3 is 0 Å². The van der Waals surface area contributed by atoms with Gasteiger partial charge in [0, 0.05) is 0 Å². The average molecular weight is 345 g/mol. The number of ether oxygens (including phenoxy) is 1. The molecule has 1 atom stereocenters. The summed E-state index contributed by atoms with van der Waals surface area (Å²) < 4.78 is 22.0. The third-order valence-corrected chi connectivity index (χ3v) is 4.56. The summed E-state index contributed by atoms with van der Waals surface area (Å²) in [5, 5.41) is 0. The largest absolute Gasteiger partial charge is 0.591 e. The van der Waals surface area contributed by atoms with Crippen molar-refractivity contribution in [2.75, 3.05) is 6.61 Å². The van der Waals surface area contributed by atoms with Crippen LogP contribution in [0.3, 0.4) is 0 Å². The molecule has 2 rings (SSSR count). The van der Waals surface area contributed by atoms with Crippen LogP contribution >= 0.6 is 15.9 Å². The summed E-state index contributed by atoms with van der Waals surface area (Å²) in [6.45, 7) is 6.41. The van der Waals surface area contributed by atoms with Gasteiger partial charge in [0.2, 0.25) is 0 Å². The Hall–Kier alpha value is -0.590. The Morgan fingerprint density at radius 3 is 2.95 bits per heavy atom. The average Bonchev–Trinajstić information content (AvgIpc) is 2.35. The van der Waals surface area contributed by atoms with Crippen molar-refractivity contribution in [3.63, 3.8) is 0 Å². The highest BCUT2D eigenvalue weighted by atomic mass is 79.9. The minimum atomic E-state index is -1.26. The van der Waals surface area contributed by atoms with Gasteiger partial charge in [-0.2, -0.15) is 0 Å². The van der Waals surface area contributed by atoms with Crippen LogP contribution in [0.1, 0.15) is 38.6 Å². The van der Waals surface area contributed by atoms with Crippen molar-refractivity contribution in [2.24, 2.45) is 4.40 Å². The van der Waals surface area contributed by atoms with Crippen LogP contribution < -0.4 is 4.74 Å². The maximum Gasteiger partial charge on any atom is 0.154 e. The van der Waals surface area contributed by atoms with Gasteiger partial charge in [-0.15, -0.1) is 0 Å². The molecule has 0 aromatic carbocycles. The maximum atomic E-state index is 11.9. The van der Waals surface area contributed by atoms with Crippen LogP contribution in [0.2, 0.25) is 0 Å². The van der Waals surface area contributed by atoms with E-state index < -0.39 is 11.4 Å². The zero-order valence-electron chi connectivity index (χ0n) is 11.3. The Kier molecular flexibility index (Phi) is 4.53. The Balaban J connectivity index is 2.22. The van der Waals surface area contributed by atoms with E-state index in [0.29, 0.717) is 5.69 Å². The second-order valence-corrected chi connectivity index (χ2v) is 8.14. The van der Waals surface area contributed by atoms with Gasteiger partial charge < -0.3 is 9.29 Å². The smallest absolute Gasteiger partial charge is 0.154 e. The Morgan fingerprint density at radius 2 is 2.26 bits per heavy atom. The van der Waals surface area contributed by atoms with Crippen molar-refractivity contribution in [3.05, 3.63) is 21.9 Å². The molecule has 4 nitrogen and oxygen atoms in total. The molecule has 0 saturated heterocycles. The quantitative estimate of drug-likeness (QED) is 0.611. The number of pyridine rings is 1. The molecular formula is C13H17BrN2O2S. The number of fused-ring (bicyclic) bond motifs is 1. The Bertz CT molecular complexity index is 500. The molecule has 0 fully saturated rings. The van der Waals surface area contributed by atoms with Gasteiger partial charge in [0.05, 0.1) is 22.5 Å². The van der Waals surface area contributed by atoms with E-state index in [2.05, 4.69) is 25.3 Å². The first-order chi connectivity index (χ1) is 8.88.